The second-order valence-electron chi connectivity index (χ2n) is 9.91. The Bertz CT molecular complexity index is 1470. The summed E-state index contributed by atoms with van der Waals surface area (Å²) in [7, 11) is 11.6. The molecule has 37 heavy (non-hydrogen) atoms. The van der Waals surface area contributed by atoms with Crippen molar-refractivity contribution in [2.75, 3.05) is 52.2 Å². The molecule has 1 heterocycles. The molecule has 0 aromatic heterocycles. The number of ether oxygens (including phenoxy) is 3. The lowest BCUT2D eigenvalue weighted by atomic mass is 9.82. The van der Waals surface area contributed by atoms with Gasteiger partial charge in [-0.05, 0) is 55.0 Å². The predicted octanol–water partition coefficient (Wildman–Crippen LogP) is 6.65. The molecule has 1 atom stereocenters. The van der Waals surface area contributed by atoms with Crippen molar-refractivity contribution >= 4 is 28.2 Å². The lowest BCUT2D eigenvalue weighted by Crippen LogP contribution is -2.34. The molecule has 0 fully saturated rings. The zero-order chi connectivity index (χ0) is 26.3. The van der Waals surface area contributed by atoms with Crippen LogP contribution in [0, 0.1) is 6.92 Å². The van der Waals surface area contributed by atoms with Gasteiger partial charge in [-0.2, -0.15) is 0 Å². The second kappa shape index (κ2) is 9.40. The van der Waals surface area contributed by atoms with E-state index in [0.717, 1.165) is 61.6 Å². The van der Waals surface area contributed by atoms with Crippen LogP contribution in [-0.4, -0.2) is 42.4 Å². The number of fused-ring (bicyclic) bond motifs is 3. The first-order valence-electron chi connectivity index (χ1n) is 12.4. The molecule has 0 radical (unpaired) electrons. The molecule has 0 saturated heterocycles. The van der Waals surface area contributed by atoms with E-state index in [0.29, 0.717) is 0 Å². The number of nitrogens with zero attached hydrogens (tertiary/aromatic N) is 2. The Hall–Kier alpha value is -4.12. The van der Waals surface area contributed by atoms with Crippen molar-refractivity contribution in [3.8, 4) is 17.2 Å². The highest BCUT2D eigenvalue weighted by Gasteiger charge is 2.38. The number of hydrogen-bond donors (Lipinski definition) is 0. The lowest BCUT2D eigenvalue weighted by molar-refractivity contribution is 0.163. The van der Waals surface area contributed by atoms with Crippen LogP contribution in [0.4, 0.5) is 11.4 Å². The highest BCUT2D eigenvalue weighted by atomic mass is 16.5. The number of anilines is 2. The van der Waals surface area contributed by atoms with Gasteiger partial charge in [-0.15, -0.1) is 0 Å². The third kappa shape index (κ3) is 4.14. The van der Waals surface area contributed by atoms with Crippen LogP contribution in [0.3, 0.4) is 0 Å². The predicted molar refractivity (Wildman–Crippen MR) is 154 cm³/mol. The zero-order valence-electron chi connectivity index (χ0n) is 22.6. The molecule has 4 aromatic rings. The first kappa shape index (κ1) is 24.6. The Labute approximate surface area is 219 Å². The third-order valence-corrected chi connectivity index (χ3v) is 7.22. The maximum absolute atomic E-state index is 7.18. The largest absolute Gasteiger partial charge is 0.497 e. The number of rotatable bonds is 6. The average molecular weight is 495 g/mol. The minimum atomic E-state index is -0.813. The second-order valence-corrected chi connectivity index (χ2v) is 9.91. The van der Waals surface area contributed by atoms with E-state index in [-0.39, 0.29) is 0 Å². The Morgan fingerprint density at radius 3 is 1.89 bits per heavy atom. The minimum absolute atomic E-state index is 0.809. The van der Waals surface area contributed by atoms with Crippen molar-refractivity contribution in [1.29, 1.82) is 0 Å². The van der Waals surface area contributed by atoms with Crippen LogP contribution in [0.2, 0.25) is 0 Å². The average Bonchev–Trinajstić information content (AvgIpc) is 2.92. The van der Waals surface area contributed by atoms with E-state index in [1.165, 1.54) is 0 Å². The molecule has 1 aliphatic heterocycles. The van der Waals surface area contributed by atoms with E-state index >= 15 is 0 Å². The van der Waals surface area contributed by atoms with Crippen molar-refractivity contribution in [1.82, 2.24) is 0 Å². The van der Waals surface area contributed by atoms with E-state index in [9.17, 15) is 0 Å². The Balaban J connectivity index is 1.78. The van der Waals surface area contributed by atoms with E-state index < -0.39 is 5.60 Å². The summed E-state index contributed by atoms with van der Waals surface area (Å²) >= 11 is 0. The van der Waals surface area contributed by atoms with Gasteiger partial charge in [-0.1, -0.05) is 30.3 Å². The van der Waals surface area contributed by atoms with Crippen molar-refractivity contribution in [3.63, 3.8) is 0 Å². The fourth-order valence-corrected chi connectivity index (χ4v) is 5.03. The monoisotopic (exact) mass is 494 g/mol. The molecule has 190 valence electrons. The van der Waals surface area contributed by atoms with E-state index in [1.54, 1.807) is 14.2 Å². The number of hydrogen-bond acceptors (Lipinski definition) is 5. The minimum Gasteiger partial charge on any atom is -0.497 e. The lowest BCUT2D eigenvalue weighted by Gasteiger charge is -2.37. The van der Waals surface area contributed by atoms with Crippen LogP contribution >= 0.6 is 0 Å². The van der Waals surface area contributed by atoms with Crippen LogP contribution in [0.5, 0.6) is 17.2 Å². The molecule has 1 unspecified atom stereocenters. The van der Waals surface area contributed by atoms with Crippen molar-refractivity contribution in [2.24, 2.45) is 0 Å². The Morgan fingerprint density at radius 1 is 0.703 bits per heavy atom. The molecule has 5 nitrogen and oxygen atoms in total. The zero-order valence-corrected chi connectivity index (χ0v) is 22.6. The van der Waals surface area contributed by atoms with Crippen LogP contribution in [0.1, 0.15) is 22.3 Å². The number of benzene rings is 4. The molecular formula is C32H34N2O3. The first-order chi connectivity index (χ1) is 17.8. The molecule has 1 aliphatic rings. The van der Waals surface area contributed by atoms with Gasteiger partial charge in [-0.3, -0.25) is 0 Å². The van der Waals surface area contributed by atoms with Crippen LogP contribution < -0.4 is 24.0 Å². The summed E-state index contributed by atoms with van der Waals surface area (Å²) in [5.41, 5.74) is 5.68. The standard InChI is InChI=1S/C32H34N2O3/c1-21-18-28-29(19-25(34(4)5)20-30(28)36-7)31-27(21)16-17-32(37-31,23-10-14-26(35-6)15-11-23)22-8-12-24(13-9-22)33(2)3/h8-20H,1-7H3. The van der Waals surface area contributed by atoms with Crippen LogP contribution in [0.25, 0.3) is 16.8 Å². The summed E-state index contributed by atoms with van der Waals surface area (Å²) in [6.07, 6.45) is 4.38. The van der Waals surface area contributed by atoms with Gasteiger partial charge in [0, 0.05) is 73.1 Å². The molecule has 0 N–H and O–H groups in total. The summed E-state index contributed by atoms with van der Waals surface area (Å²) in [6.45, 7) is 2.12. The smallest absolute Gasteiger partial charge is 0.178 e. The van der Waals surface area contributed by atoms with Gasteiger partial charge in [0.15, 0.2) is 5.60 Å². The van der Waals surface area contributed by atoms with Gasteiger partial charge < -0.3 is 24.0 Å². The first-order valence-corrected chi connectivity index (χ1v) is 12.4. The van der Waals surface area contributed by atoms with Crippen molar-refractivity contribution in [2.45, 2.75) is 12.5 Å². The molecule has 0 bridgehead atoms. The molecule has 0 spiro atoms. The number of methoxy groups -OCH3 is 2. The molecule has 0 aliphatic carbocycles. The van der Waals surface area contributed by atoms with Gasteiger partial charge >= 0.3 is 0 Å². The summed E-state index contributed by atoms with van der Waals surface area (Å²) in [6, 6.07) is 23.1. The van der Waals surface area contributed by atoms with Gasteiger partial charge in [-0.25, -0.2) is 0 Å². The number of aryl methyl sites for hydroxylation is 1. The fourth-order valence-electron chi connectivity index (χ4n) is 5.03. The summed E-state index contributed by atoms with van der Waals surface area (Å²) in [4.78, 5) is 4.19. The summed E-state index contributed by atoms with van der Waals surface area (Å²) < 4.78 is 18.5. The molecule has 0 amide bonds. The molecule has 5 rings (SSSR count). The van der Waals surface area contributed by atoms with Crippen molar-refractivity contribution in [3.05, 3.63) is 95.1 Å². The van der Waals surface area contributed by atoms with Gasteiger partial charge in [0.05, 0.1) is 14.2 Å². The SMILES string of the molecule is COc1ccc(C2(c3ccc(N(C)C)cc3)C=Cc3c(C)cc4c(OC)cc(N(C)C)cc4c3O2)cc1. The van der Waals surface area contributed by atoms with Gasteiger partial charge in [0.2, 0.25) is 0 Å². The highest BCUT2D eigenvalue weighted by molar-refractivity contribution is 6.00. The Morgan fingerprint density at radius 2 is 1.32 bits per heavy atom. The fraction of sp³-hybridized carbons (Fsp3) is 0.250. The summed E-state index contributed by atoms with van der Waals surface area (Å²) in [5, 5.41) is 2.06. The molecule has 0 saturated carbocycles. The maximum atomic E-state index is 7.18. The van der Waals surface area contributed by atoms with Gasteiger partial charge in [0.25, 0.3) is 0 Å². The normalized spacial score (nSPS) is 16.2. The van der Waals surface area contributed by atoms with Crippen LogP contribution in [-0.2, 0) is 5.60 Å². The molecule has 5 heteroatoms. The maximum Gasteiger partial charge on any atom is 0.178 e. The highest BCUT2D eigenvalue weighted by Crippen LogP contribution is 2.48. The van der Waals surface area contributed by atoms with E-state index in [4.69, 9.17) is 14.2 Å². The van der Waals surface area contributed by atoms with Crippen molar-refractivity contribution < 1.29 is 14.2 Å². The van der Waals surface area contributed by atoms with Gasteiger partial charge in [0.1, 0.15) is 17.2 Å². The molecule has 4 aromatic carbocycles. The van der Waals surface area contributed by atoms with Crippen LogP contribution in [0.15, 0.2) is 72.8 Å². The topological polar surface area (TPSA) is 34.2 Å². The van der Waals surface area contributed by atoms with E-state index in [1.807, 2.05) is 40.3 Å². The Kier molecular flexibility index (Phi) is 6.24. The quantitative estimate of drug-likeness (QED) is 0.300. The molecular weight excluding hydrogens is 460 g/mol. The summed E-state index contributed by atoms with van der Waals surface area (Å²) in [5.74, 6) is 2.49. The third-order valence-electron chi connectivity index (χ3n) is 7.22. The van der Waals surface area contributed by atoms with E-state index in [2.05, 4.69) is 83.5 Å².